The number of aromatic nitrogens is 4. The highest BCUT2D eigenvalue weighted by Gasteiger charge is 2.21. The molecular weight excluding hydrogens is 316 g/mol. The number of imidazole rings is 1. The van der Waals surface area contributed by atoms with Gasteiger partial charge in [0.2, 0.25) is 5.28 Å². The Morgan fingerprint density at radius 3 is 2.83 bits per heavy atom. The number of rotatable bonds is 3. The molecule has 23 heavy (non-hydrogen) atoms. The predicted octanol–water partition coefficient (Wildman–Crippen LogP) is 3.97. The molecule has 3 heterocycles. The summed E-state index contributed by atoms with van der Waals surface area (Å²) in [5.41, 5.74) is 1.20. The van der Waals surface area contributed by atoms with Crippen LogP contribution in [0.5, 0.6) is 11.6 Å². The lowest BCUT2D eigenvalue weighted by atomic mass is 10.2. The van der Waals surface area contributed by atoms with E-state index in [1.165, 1.54) is 0 Å². The highest BCUT2D eigenvalue weighted by molar-refractivity contribution is 6.28. The van der Waals surface area contributed by atoms with Gasteiger partial charge in [-0.15, -0.1) is 0 Å². The van der Waals surface area contributed by atoms with E-state index >= 15 is 0 Å². The first-order chi connectivity index (χ1) is 11.3. The van der Waals surface area contributed by atoms with E-state index in [1.54, 1.807) is 6.33 Å². The SMILES string of the molecule is Clc1nc(Oc2ccccc2)c2ncn(C3CCCCO3)c2n1. The third-order valence-corrected chi connectivity index (χ3v) is 3.95. The van der Waals surface area contributed by atoms with Crippen molar-refractivity contribution in [3.63, 3.8) is 0 Å². The Morgan fingerprint density at radius 1 is 1.17 bits per heavy atom. The molecule has 0 bridgehead atoms. The van der Waals surface area contributed by atoms with E-state index in [-0.39, 0.29) is 11.5 Å². The molecule has 1 aliphatic heterocycles. The molecular formula is C16H15ClN4O2. The molecule has 0 radical (unpaired) electrons. The van der Waals surface area contributed by atoms with Crippen molar-refractivity contribution in [3.05, 3.63) is 41.9 Å². The Balaban J connectivity index is 1.75. The summed E-state index contributed by atoms with van der Waals surface area (Å²) in [6, 6.07) is 9.41. The topological polar surface area (TPSA) is 62.1 Å². The van der Waals surface area contributed by atoms with Crippen LogP contribution in [0.15, 0.2) is 36.7 Å². The van der Waals surface area contributed by atoms with Crippen molar-refractivity contribution in [2.75, 3.05) is 6.61 Å². The van der Waals surface area contributed by atoms with Gasteiger partial charge in [0.05, 0.1) is 6.33 Å². The van der Waals surface area contributed by atoms with Gasteiger partial charge >= 0.3 is 0 Å². The normalized spacial score (nSPS) is 18.2. The molecule has 0 amide bonds. The van der Waals surface area contributed by atoms with Crippen molar-refractivity contribution in [1.82, 2.24) is 19.5 Å². The fourth-order valence-corrected chi connectivity index (χ4v) is 2.85. The number of hydrogen-bond acceptors (Lipinski definition) is 5. The standard InChI is InChI=1S/C16H15ClN4O2/c17-16-19-14-13(15(20-16)23-11-6-2-1-3-7-11)18-10-21(14)12-8-4-5-9-22-12/h1-3,6-7,10,12H,4-5,8-9H2. The zero-order valence-electron chi connectivity index (χ0n) is 12.4. The highest BCUT2D eigenvalue weighted by atomic mass is 35.5. The average Bonchev–Trinajstić information content (AvgIpc) is 3.00. The second kappa shape index (κ2) is 6.14. The largest absolute Gasteiger partial charge is 0.437 e. The number of benzene rings is 1. The van der Waals surface area contributed by atoms with E-state index in [9.17, 15) is 0 Å². The molecule has 4 rings (SSSR count). The molecule has 1 aromatic carbocycles. The summed E-state index contributed by atoms with van der Waals surface area (Å²) in [6.45, 7) is 0.747. The van der Waals surface area contributed by atoms with E-state index in [1.807, 2.05) is 34.9 Å². The minimum Gasteiger partial charge on any atom is -0.437 e. The number of nitrogens with zero attached hydrogens (tertiary/aromatic N) is 4. The summed E-state index contributed by atoms with van der Waals surface area (Å²) in [6.07, 6.45) is 4.78. The van der Waals surface area contributed by atoms with Crippen LogP contribution in [-0.2, 0) is 4.74 Å². The summed E-state index contributed by atoms with van der Waals surface area (Å²) >= 11 is 6.07. The fraction of sp³-hybridized carbons (Fsp3) is 0.312. The van der Waals surface area contributed by atoms with Crippen LogP contribution in [0.4, 0.5) is 0 Å². The zero-order valence-corrected chi connectivity index (χ0v) is 13.1. The molecule has 0 saturated carbocycles. The van der Waals surface area contributed by atoms with Crippen molar-refractivity contribution in [1.29, 1.82) is 0 Å². The Labute approximate surface area is 138 Å². The fourth-order valence-electron chi connectivity index (χ4n) is 2.69. The van der Waals surface area contributed by atoms with Crippen LogP contribution in [0.1, 0.15) is 25.5 Å². The average molecular weight is 331 g/mol. The van der Waals surface area contributed by atoms with Gasteiger partial charge in [-0.3, -0.25) is 4.57 Å². The van der Waals surface area contributed by atoms with Gasteiger partial charge in [-0.05, 0) is 43.0 Å². The lowest BCUT2D eigenvalue weighted by molar-refractivity contribution is -0.0298. The Bertz CT molecular complexity index is 816. The van der Waals surface area contributed by atoms with Crippen LogP contribution < -0.4 is 4.74 Å². The summed E-state index contributed by atoms with van der Waals surface area (Å²) in [4.78, 5) is 12.9. The number of ether oxygens (including phenoxy) is 2. The molecule has 0 aliphatic carbocycles. The third kappa shape index (κ3) is 2.87. The Morgan fingerprint density at radius 2 is 2.04 bits per heavy atom. The van der Waals surface area contributed by atoms with Gasteiger partial charge in [0.25, 0.3) is 5.88 Å². The summed E-state index contributed by atoms with van der Waals surface area (Å²) in [5.74, 6) is 1.02. The molecule has 1 unspecified atom stereocenters. The van der Waals surface area contributed by atoms with Gasteiger partial charge in [-0.25, -0.2) is 4.98 Å². The number of fused-ring (bicyclic) bond motifs is 1. The maximum Gasteiger partial charge on any atom is 0.252 e. The molecule has 1 aliphatic rings. The quantitative estimate of drug-likeness (QED) is 0.680. The Hall–Kier alpha value is -2.18. The minimum atomic E-state index is -0.0655. The molecule has 1 fully saturated rings. The van der Waals surface area contributed by atoms with E-state index in [0.29, 0.717) is 22.8 Å². The van der Waals surface area contributed by atoms with Gasteiger partial charge in [0.1, 0.15) is 12.0 Å². The summed E-state index contributed by atoms with van der Waals surface area (Å²) in [7, 11) is 0. The maximum atomic E-state index is 6.07. The molecule has 0 N–H and O–H groups in total. The lowest BCUT2D eigenvalue weighted by Crippen LogP contribution is -2.17. The van der Waals surface area contributed by atoms with Gasteiger partial charge in [-0.1, -0.05) is 18.2 Å². The number of hydrogen-bond donors (Lipinski definition) is 0. The molecule has 118 valence electrons. The monoisotopic (exact) mass is 330 g/mol. The van der Waals surface area contributed by atoms with E-state index in [2.05, 4.69) is 15.0 Å². The summed E-state index contributed by atoms with van der Waals surface area (Å²) in [5, 5.41) is 0.126. The van der Waals surface area contributed by atoms with Crippen LogP contribution in [0, 0.1) is 0 Å². The smallest absolute Gasteiger partial charge is 0.252 e. The number of halogens is 1. The van der Waals surface area contributed by atoms with Crippen molar-refractivity contribution in [2.45, 2.75) is 25.5 Å². The number of para-hydroxylation sites is 1. The zero-order chi connectivity index (χ0) is 15.6. The molecule has 1 saturated heterocycles. The van der Waals surface area contributed by atoms with Crippen LogP contribution in [0.25, 0.3) is 11.2 Å². The van der Waals surface area contributed by atoms with Gasteiger partial charge in [0, 0.05) is 6.61 Å². The van der Waals surface area contributed by atoms with E-state index in [0.717, 1.165) is 25.9 Å². The lowest BCUT2D eigenvalue weighted by Gasteiger charge is -2.23. The maximum absolute atomic E-state index is 6.07. The van der Waals surface area contributed by atoms with Crippen molar-refractivity contribution in [3.8, 4) is 11.6 Å². The highest BCUT2D eigenvalue weighted by Crippen LogP contribution is 2.31. The van der Waals surface area contributed by atoms with Crippen LogP contribution in [0.3, 0.4) is 0 Å². The third-order valence-electron chi connectivity index (χ3n) is 3.79. The molecule has 3 aromatic rings. The predicted molar refractivity (Wildman–Crippen MR) is 85.7 cm³/mol. The van der Waals surface area contributed by atoms with Crippen LogP contribution >= 0.6 is 11.6 Å². The van der Waals surface area contributed by atoms with E-state index < -0.39 is 0 Å². The van der Waals surface area contributed by atoms with Crippen molar-refractivity contribution >= 4 is 22.8 Å². The van der Waals surface area contributed by atoms with Gasteiger partial charge in [0.15, 0.2) is 11.2 Å². The first-order valence-corrected chi connectivity index (χ1v) is 7.93. The summed E-state index contributed by atoms with van der Waals surface area (Å²) < 4.78 is 13.5. The van der Waals surface area contributed by atoms with E-state index in [4.69, 9.17) is 21.1 Å². The van der Waals surface area contributed by atoms with Crippen molar-refractivity contribution < 1.29 is 9.47 Å². The second-order valence-electron chi connectivity index (χ2n) is 5.36. The molecule has 2 aromatic heterocycles. The van der Waals surface area contributed by atoms with Gasteiger partial charge in [-0.2, -0.15) is 9.97 Å². The molecule has 0 spiro atoms. The first kappa shape index (κ1) is 14.4. The molecule has 6 nitrogen and oxygen atoms in total. The van der Waals surface area contributed by atoms with Crippen LogP contribution in [-0.4, -0.2) is 26.1 Å². The minimum absolute atomic E-state index is 0.0655. The van der Waals surface area contributed by atoms with Gasteiger partial charge < -0.3 is 9.47 Å². The molecule has 1 atom stereocenters. The van der Waals surface area contributed by atoms with Crippen molar-refractivity contribution in [2.24, 2.45) is 0 Å². The second-order valence-corrected chi connectivity index (χ2v) is 5.70. The Kier molecular flexibility index (Phi) is 3.85. The first-order valence-electron chi connectivity index (χ1n) is 7.56. The molecule has 7 heteroatoms. The van der Waals surface area contributed by atoms with Crippen LogP contribution in [0.2, 0.25) is 5.28 Å².